The Kier molecular flexibility index (Phi) is 5.41. The van der Waals surface area contributed by atoms with Crippen LogP contribution in [-0.4, -0.2) is 30.5 Å². The number of likely N-dealkylation sites (N-methyl/N-ethyl adjacent to an activating group) is 1. The summed E-state index contributed by atoms with van der Waals surface area (Å²) in [5.41, 5.74) is 3.29. The second kappa shape index (κ2) is 7.91. The topological polar surface area (TPSA) is 60.3 Å². The molecular weight excluding hydrogens is 340 g/mol. The van der Waals surface area contributed by atoms with E-state index in [-0.39, 0.29) is 18.2 Å². The molecule has 0 fully saturated rings. The van der Waals surface area contributed by atoms with Crippen LogP contribution in [0.1, 0.15) is 21.6 Å². The number of amides is 1. The van der Waals surface area contributed by atoms with E-state index in [9.17, 15) is 9.59 Å². The van der Waals surface area contributed by atoms with E-state index in [1.54, 1.807) is 30.9 Å². The number of nitrogens with zero attached hydrogens (tertiary/aromatic N) is 1. The molecule has 0 aliphatic rings. The molecule has 27 heavy (non-hydrogen) atoms. The minimum absolute atomic E-state index is 0.104. The molecule has 0 spiro atoms. The van der Waals surface area contributed by atoms with Gasteiger partial charge in [-0.1, -0.05) is 30.3 Å². The van der Waals surface area contributed by atoms with Gasteiger partial charge in [-0.15, -0.1) is 0 Å². The first-order valence-corrected chi connectivity index (χ1v) is 8.71. The van der Waals surface area contributed by atoms with Crippen LogP contribution in [0.15, 0.2) is 54.6 Å². The predicted molar refractivity (Wildman–Crippen MR) is 107 cm³/mol. The molecule has 3 rings (SSSR count). The minimum atomic E-state index is -0.158. The molecule has 0 saturated heterocycles. The molecule has 0 aliphatic carbocycles. The third kappa shape index (κ3) is 3.77. The van der Waals surface area contributed by atoms with Crippen molar-refractivity contribution < 1.29 is 14.3 Å². The highest BCUT2D eigenvalue weighted by molar-refractivity contribution is 6.03. The number of rotatable bonds is 5. The SMILES string of the molecule is CNC(=O)Cc1c(C)n(C(=O)C=Cc2ccccc2)c2ccc(OC)cc12. The average Bonchev–Trinajstić information content (AvgIpc) is 2.97. The van der Waals surface area contributed by atoms with Crippen LogP contribution in [0, 0.1) is 6.92 Å². The van der Waals surface area contributed by atoms with Gasteiger partial charge in [-0.2, -0.15) is 0 Å². The van der Waals surface area contributed by atoms with Gasteiger partial charge in [0.2, 0.25) is 5.91 Å². The summed E-state index contributed by atoms with van der Waals surface area (Å²) in [4.78, 5) is 24.9. The number of ether oxygens (including phenoxy) is 1. The van der Waals surface area contributed by atoms with E-state index in [1.807, 2.05) is 55.5 Å². The van der Waals surface area contributed by atoms with E-state index in [0.29, 0.717) is 5.75 Å². The maximum absolute atomic E-state index is 12.9. The van der Waals surface area contributed by atoms with Crippen LogP contribution < -0.4 is 10.1 Å². The third-order valence-corrected chi connectivity index (χ3v) is 4.60. The highest BCUT2D eigenvalue weighted by Gasteiger charge is 2.19. The van der Waals surface area contributed by atoms with Crippen molar-refractivity contribution in [3.63, 3.8) is 0 Å². The predicted octanol–water partition coefficient (Wildman–Crippen LogP) is 3.60. The monoisotopic (exact) mass is 362 g/mol. The quantitative estimate of drug-likeness (QED) is 0.706. The van der Waals surface area contributed by atoms with Gasteiger partial charge in [-0.05, 0) is 42.3 Å². The van der Waals surface area contributed by atoms with Crippen molar-refractivity contribution in [3.05, 3.63) is 71.4 Å². The van der Waals surface area contributed by atoms with Crippen LogP contribution in [0.5, 0.6) is 5.75 Å². The number of benzene rings is 2. The molecule has 0 atom stereocenters. The van der Waals surface area contributed by atoms with Crippen LogP contribution >= 0.6 is 0 Å². The summed E-state index contributed by atoms with van der Waals surface area (Å²) in [6, 6.07) is 15.2. The van der Waals surface area contributed by atoms with Crippen molar-refractivity contribution in [1.82, 2.24) is 9.88 Å². The largest absolute Gasteiger partial charge is 0.497 e. The summed E-state index contributed by atoms with van der Waals surface area (Å²) >= 11 is 0. The van der Waals surface area contributed by atoms with Gasteiger partial charge in [0.25, 0.3) is 5.91 Å². The number of hydrogen-bond acceptors (Lipinski definition) is 3. The number of methoxy groups -OCH3 is 1. The maximum Gasteiger partial charge on any atom is 0.255 e. The first-order valence-electron chi connectivity index (χ1n) is 8.71. The Balaban J connectivity index is 2.09. The Morgan fingerprint density at radius 2 is 1.89 bits per heavy atom. The molecule has 0 bridgehead atoms. The van der Waals surface area contributed by atoms with Crippen molar-refractivity contribution in [2.45, 2.75) is 13.3 Å². The fraction of sp³-hybridized carbons (Fsp3) is 0.182. The molecule has 1 aromatic heterocycles. The molecule has 138 valence electrons. The van der Waals surface area contributed by atoms with E-state index < -0.39 is 0 Å². The summed E-state index contributed by atoms with van der Waals surface area (Å²) in [6.07, 6.45) is 3.54. The number of carbonyl (C=O) groups excluding carboxylic acids is 2. The molecule has 1 amide bonds. The standard InChI is InChI=1S/C22H22N2O3/c1-15-18(14-21(25)23-2)19-13-17(27-3)10-11-20(19)24(15)22(26)12-9-16-7-5-4-6-8-16/h4-13H,14H2,1-3H3,(H,23,25). The van der Waals surface area contributed by atoms with Crippen molar-refractivity contribution >= 4 is 28.8 Å². The van der Waals surface area contributed by atoms with Gasteiger partial charge in [-0.3, -0.25) is 14.2 Å². The Hall–Kier alpha value is -3.34. The summed E-state index contributed by atoms with van der Waals surface area (Å²) in [5, 5.41) is 3.49. The normalized spacial score (nSPS) is 11.1. The lowest BCUT2D eigenvalue weighted by molar-refractivity contribution is -0.119. The molecule has 5 nitrogen and oxygen atoms in total. The first-order chi connectivity index (χ1) is 13.0. The zero-order valence-electron chi connectivity index (χ0n) is 15.7. The number of allylic oxidation sites excluding steroid dienone is 1. The zero-order chi connectivity index (χ0) is 19.4. The Labute approximate surface area is 158 Å². The smallest absolute Gasteiger partial charge is 0.255 e. The summed E-state index contributed by atoms with van der Waals surface area (Å²) in [6.45, 7) is 1.86. The lowest BCUT2D eigenvalue weighted by Crippen LogP contribution is -2.20. The van der Waals surface area contributed by atoms with Crippen LogP contribution in [0.4, 0.5) is 0 Å². The lowest BCUT2D eigenvalue weighted by Gasteiger charge is -2.05. The Morgan fingerprint density at radius 1 is 1.15 bits per heavy atom. The number of nitrogens with one attached hydrogen (secondary N) is 1. The fourth-order valence-electron chi connectivity index (χ4n) is 3.15. The van der Waals surface area contributed by atoms with Gasteiger partial charge >= 0.3 is 0 Å². The third-order valence-electron chi connectivity index (χ3n) is 4.60. The fourth-order valence-corrected chi connectivity index (χ4v) is 3.15. The molecule has 0 unspecified atom stereocenters. The average molecular weight is 362 g/mol. The number of aromatic nitrogens is 1. The van der Waals surface area contributed by atoms with E-state index in [1.165, 1.54) is 0 Å². The molecular formula is C22H22N2O3. The van der Waals surface area contributed by atoms with Crippen LogP contribution in [0.2, 0.25) is 0 Å². The highest BCUT2D eigenvalue weighted by Crippen LogP contribution is 2.30. The van der Waals surface area contributed by atoms with Crippen LogP contribution in [0.25, 0.3) is 17.0 Å². The van der Waals surface area contributed by atoms with E-state index in [0.717, 1.165) is 27.7 Å². The van der Waals surface area contributed by atoms with Crippen LogP contribution in [-0.2, 0) is 11.2 Å². The molecule has 3 aromatic rings. The minimum Gasteiger partial charge on any atom is -0.497 e. The Bertz CT molecular complexity index is 1020. The second-order valence-electron chi connectivity index (χ2n) is 6.21. The van der Waals surface area contributed by atoms with Crippen LogP contribution in [0.3, 0.4) is 0 Å². The molecule has 0 saturated carbocycles. The summed E-state index contributed by atoms with van der Waals surface area (Å²) in [7, 11) is 3.20. The molecule has 1 N–H and O–H groups in total. The molecule has 0 radical (unpaired) electrons. The second-order valence-corrected chi connectivity index (χ2v) is 6.21. The van der Waals surface area contributed by atoms with Gasteiger partial charge < -0.3 is 10.1 Å². The van der Waals surface area contributed by atoms with Crippen molar-refractivity contribution in [2.75, 3.05) is 14.2 Å². The van der Waals surface area contributed by atoms with Gasteiger partial charge in [0.05, 0.1) is 19.0 Å². The van der Waals surface area contributed by atoms with Gasteiger partial charge in [0.1, 0.15) is 5.75 Å². The number of carbonyl (C=O) groups is 2. The maximum atomic E-state index is 12.9. The lowest BCUT2D eigenvalue weighted by atomic mass is 10.1. The molecule has 0 aliphatic heterocycles. The van der Waals surface area contributed by atoms with Gasteiger partial charge in [0, 0.05) is 24.2 Å². The molecule has 2 aromatic carbocycles. The number of fused-ring (bicyclic) bond motifs is 1. The Morgan fingerprint density at radius 3 is 2.56 bits per heavy atom. The highest BCUT2D eigenvalue weighted by atomic mass is 16.5. The summed E-state index contributed by atoms with van der Waals surface area (Å²) < 4.78 is 6.96. The van der Waals surface area contributed by atoms with Crippen molar-refractivity contribution in [3.8, 4) is 5.75 Å². The van der Waals surface area contributed by atoms with Crippen molar-refractivity contribution in [1.29, 1.82) is 0 Å². The first kappa shape index (κ1) is 18.5. The van der Waals surface area contributed by atoms with Gasteiger partial charge in [-0.25, -0.2) is 0 Å². The van der Waals surface area contributed by atoms with Crippen molar-refractivity contribution in [2.24, 2.45) is 0 Å². The van der Waals surface area contributed by atoms with Gasteiger partial charge in [0.15, 0.2) is 0 Å². The van der Waals surface area contributed by atoms with E-state index in [4.69, 9.17) is 4.74 Å². The molecule has 1 heterocycles. The molecule has 5 heteroatoms. The zero-order valence-corrected chi connectivity index (χ0v) is 15.7. The van der Waals surface area contributed by atoms with E-state index in [2.05, 4.69) is 5.32 Å². The summed E-state index contributed by atoms with van der Waals surface area (Å²) in [5.74, 6) is 0.423. The number of hydrogen-bond donors (Lipinski definition) is 1. The van der Waals surface area contributed by atoms with E-state index >= 15 is 0 Å².